The number of hydrogen-bond donors (Lipinski definition) is 4. The Bertz CT molecular complexity index is 793. The first-order valence-electron chi connectivity index (χ1n) is 5.52. The lowest BCUT2D eigenvalue weighted by atomic mass is 10.3. The average Bonchev–Trinajstić information content (AvgIpc) is 2.38. The maximum Gasteiger partial charge on any atom is 0.294 e. The van der Waals surface area contributed by atoms with E-state index in [0.29, 0.717) is 12.1 Å². The molecule has 2 rings (SSSR count). The number of para-hydroxylation sites is 1. The summed E-state index contributed by atoms with van der Waals surface area (Å²) < 4.78 is 30.7. The molecule has 9 heteroatoms. The lowest BCUT2D eigenvalue weighted by Crippen LogP contribution is -1.97. The Morgan fingerprint density at radius 3 is 1.95 bits per heavy atom. The molecule has 0 heterocycles. The molecule has 21 heavy (non-hydrogen) atoms. The van der Waals surface area contributed by atoms with Gasteiger partial charge < -0.3 is 15.3 Å². The summed E-state index contributed by atoms with van der Waals surface area (Å²) in [5.74, 6) is -1.54. The highest BCUT2D eigenvalue weighted by Gasteiger charge is 2.17. The molecule has 0 saturated carbocycles. The molecule has 0 aliphatic heterocycles. The van der Waals surface area contributed by atoms with E-state index in [1.807, 2.05) is 0 Å². The van der Waals surface area contributed by atoms with Crippen molar-refractivity contribution < 1.29 is 28.3 Å². The first-order valence-corrected chi connectivity index (χ1v) is 6.96. The Labute approximate surface area is 119 Å². The first-order chi connectivity index (χ1) is 9.79. The van der Waals surface area contributed by atoms with E-state index >= 15 is 0 Å². The van der Waals surface area contributed by atoms with Gasteiger partial charge in [0.25, 0.3) is 10.1 Å². The monoisotopic (exact) mass is 310 g/mol. The van der Waals surface area contributed by atoms with Crippen molar-refractivity contribution >= 4 is 21.5 Å². The van der Waals surface area contributed by atoms with Crippen LogP contribution >= 0.6 is 0 Å². The summed E-state index contributed by atoms with van der Waals surface area (Å²) >= 11 is 0. The van der Waals surface area contributed by atoms with Gasteiger partial charge in [0.15, 0.2) is 5.69 Å². The molecule has 0 amide bonds. The maximum atomic E-state index is 10.9. The smallest absolute Gasteiger partial charge is 0.294 e. The van der Waals surface area contributed by atoms with E-state index in [2.05, 4.69) is 10.2 Å². The quantitative estimate of drug-likeness (QED) is 0.507. The molecule has 0 unspecified atom stereocenters. The van der Waals surface area contributed by atoms with Crippen LogP contribution in [-0.2, 0) is 10.1 Å². The molecule has 0 aromatic heterocycles. The highest BCUT2D eigenvalue weighted by molar-refractivity contribution is 7.85. The van der Waals surface area contributed by atoms with E-state index in [9.17, 15) is 23.7 Å². The van der Waals surface area contributed by atoms with Gasteiger partial charge in [0.1, 0.15) is 27.8 Å². The number of azo groups is 1. The fraction of sp³-hybridized carbons (Fsp3) is 0. The van der Waals surface area contributed by atoms with Gasteiger partial charge in [-0.1, -0.05) is 12.1 Å². The van der Waals surface area contributed by atoms with Crippen LogP contribution in [0.25, 0.3) is 0 Å². The second-order valence-corrected chi connectivity index (χ2v) is 5.40. The third-order valence-corrected chi connectivity index (χ3v) is 3.31. The van der Waals surface area contributed by atoms with Gasteiger partial charge in [-0.3, -0.25) is 4.55 Å². The van der Waals surface area contributed by atoms with Crippen molar-refractivity contribution in [3.63, 3.8) is 0 Å². The van der Waals surface area contributed by atoms with Gasteiger partial charge in [-0.2, -0.15) is 8.42 Å². The Hall–Kier alpha value is -2.65. The molecule has 0 spiro atoms. The van der Waals surface area contributed by atoms with Crippen LogP contribution in [0, 0.1) is 0 Å². The molecule has 110 valence electrons. The summed E-state index contributed by atoms with van der Waals surface area (Å²) in [6, 6.07) is 7.41. The number of benzene rings is 2. The van der Waals surface area contributed by atoms with Gasteiger partial charge in [0, 0.05) is 12.1 Å². The van der Waals surface area contributed by atoms with Gasteiger partial charge >= 0.3 is 0 Å². The van der Waals surface area contributed by atoms with Gasteiger partial charge in [-0.15, -0.1) is 10.2 Å². The lowest BCUT2D eigenvalue weighted by Gasteiger charge is -2.04. The van der Waals surface area contributed by atoms with Gasteiger partial charge in [-0.05, 0) is 12.1 Å². The number of hydrogen-bond acceptors (Lipinski definition) is 7. The molecule has 0 aliphatic rings. The van der Waals surface area contributed by atoms with Crippen molar-refractivity contribution in [3.05, 3.63) is 36.4 Å². The average molecular weight is 310 g/mol. The van der Waals surface area contributed by atoms with Crippen molar-refractivity contribution in [2.45, 2.75) is 4.90 Å². The second kappa shape index (κ2) is 5.38. The number of aromatic hydroxyl groups is 3. The zero-order valence-electron chi connectivity index (χ0n) is 10.4. The van der Waals surface area contributed by atoms with Gasteiger partial charge in [-0.25, -0.2) is 0 Å². The van der Waals surface area contributed by atoms with Crippen LogP contribution in [0.1, 0.15) is 0 Å². The minimum absolute atomic E-state index is 0.0927. The molecule has 8 nitrogen and oxygen atoms in total. The Morgan fingerprint density at radius 2 is 1.43 bits per heavy atom. The molecule has 0 bridgehead atoms. The maximum absolute atomic E-state index is 10.9. The molecule has 2 aromatic rings. The number of phenolic OH excluding ortho intramolecular Hbond substituents is 3. The standard InChI is InChI=1S/C12H10N2O6S/c15-9-4-2-1-3-8(9)13-14-12-10(16)5-7(6-11(12)17)21(18,19)20/h1-6,15-17H,(H,18,19,20). The largest absolute Gasteiger partial charge is 0.506 e. The summed E-state index contributed by atoms with van der Waals surface area (Å²) in [5.41, 5.74) is -0.305. The van der Waals surface area contributed by atoms with E-state index in [1.54, 1.807) is 12.1 Å². The van der Waals surface area contributed by atoms with E-state index in [-0.39, 0.29) is 11.4 Å². The Morgan fingerprint density at radius 1 is 0.857 bits per heavy atom. The van der Waals surface area contributed by atoms with E-state index in [0.717, 1.165) is 0 Å². The summed E-state index contributed by atoms with van der Waals surface area (Å²) in [6.07, 6.45) is 0. The van der Waals surface area contributed by atoms with Crippen molar-refractivity contribution in [2.24, 2.45) is 10.2 Å². The number of nitrogens with zero attached hydrogens (tertiary/aromatic N) is 2. The van der Waals surface area contributed by atoms with Crippen molar-refractivity contribution in [2.75, 3.05) is 0 Å². The number of rotatable bonds is 3. The van der Waals surface area contributed by atoms with E-state index in [1.165, 1.54) is 12.1 Å². The van der Waals surface area contributed by atoms with Crippen LogP contribution in [0.5, 0.6) is 17.2 Å². The zero-order chi connectivity index (χ0) is 15.6. The van der Waals surface area contributed by atoms with Crippen LogP contribution in [0.2, 0.25) is 0 Å². The molecule has 0 aliphatic carbocycles. The highest BCUT2D eigenvalue weighted by atomic mass is 32.2. The van der Waals surface area contributed by atoms with E-state index < -0.39 is 32.2 Å². The lowest BCUT2D eigenvalue weighted by molar-refractivity contribution is 0.444. The summed E-state index contributed by atoms with van der Waals surface area (Å²) in [5, 5.41) is 35.9. The van der Waals surface area contributed by atoms with Crippen LogP contribution in [0.4, 0.5) is 11.4 Å². The van der Waals surface area contributed by atoms with Crippen molar-refractivity contribution in [3.8, 4) is 17.2 Å². The second-order valence-electron chi connectivity index (χ2n) is 3.97. The third kappa shape index (κ3) is 3.27. The summed E-state index contributed by atoms with van der Waals surface area (Å²) in [4.78, 5) is -0.681. The van der Waals surface area contributed by atoms with Gasteiger partial charge in [0.2, 0.25) is 0 Å². The van der Waals surface area contributed by atoms with Crippen LogP contribution in [0.15, 0.2) is 51.5 Å². The van der Waals surface area contributed by atoms with Crippen LogP contribution in [-0.4, -0.2) is 28.3 Å². The SMILES string of the molecule is O=S(=O)(O)c1cc(O)c(N=Nc2ccccc2O)c(O)c1. The zero-order valence-corrected chi connectivity index (χ0v) is 11.2. The van der Waals surface area contributed by atoms with E-state index in [4.69, 9.17) is 4.55 Å². The Balaban J connectivity index is 2.45. The molecule has 0 saturated heterocycles. The fourth-order valence-corrected chi connectivity index (χ4v) is 2.00. The summed E-state index contributed by atoms with van der Waals surface area (Å²) in [6.45, 7) is 0. The molecule has 0 radical (unpaired) electrons. The third-order valence-electron chi connectivity index (χ3n) is 2.48. The van der Waals surface area contributed by atoms with Crippen molar-refractivity contribution in [1.29, 1.82) is 0 Å². The predicted molar refractivity (Wildman–Crippen MR) is 71.9 cm³/mol. The fourth-order valence-electron chi connectivity index (χ4n) is 1.48. The molecule has 0 fully saturated rings. The molecule has 2 aromatic carbocycles. The van der Waals surface area contributed by atoms with Crippen LogP contribution < -0.4 is 0 Å². The molecular weight excluding hydrogens is 300 g/mol. The normalized spacial score (nSPS) is 11.9. The molecular formula is C12H10N2O6S. The highest BCUT2D eigenvalue weighted by Crippen LogP contribution is 2.39. The Kier molecular flexibility index (Phi) is 3.78. The topological polar surface area (TPSA) is 140 Å². The first kappa shape index (κ1) is 14.8. The predicted octanol–water partition coefficient (Wildman–Crippen LogP) is 2.47. The number of phenols is 3. The minimum Gasteiger partial charge on any atom is -0.506 e. The molecule has 4 N–H and O–H groups in total. The summed E-state index contributed by atoms with van der Waals surface area (Å²) in [7, 11) is -4.57. The van der Waals surface area contributed by atoms with Crippen LogP contribution in [0.3, 0.4) is 0 Å². The minimum atomic E-state index is -4.57. The van der Waals surface area contributed by atoms with Gasteiger partial charge in [0.05, 0.1) is 0 Å². The molecule has 0 atom stereocenters. The van der Waals surface area contributed by atoms with Crippen molar-refractivity contribution in [1.82, 2.24) is 0 Å².